The number of anilines is 1. The Labute approximate surface area is 185 Å². The third-order valence-electron chi connectivity index (χ3n) is 5.78. The normalized spacial score (nSPS) is 19.8. The number of likely N-dealkylation sites (N-methyl/N-ethyl adjacent to an activating group) is 2. The summed E-state index contributed by atoms with van der Waals surface area (Å²) in [6.07, 6.45) is 0.0557. The van der Waals surface area contributed by atoms with E-state index in [1.165, 1.54) is 4.31 Å². The molecular formula is C23H31N3O4S. The van der Waals surface area contributed by atoms with Crippen LogP contribution in [0, 0.1) is 0 Å². The van der Waals surface area contributed by atoms with Crippen LogP contribution in [0.4, 0.5) is 5.69 Å². The van der Waals surface area contributed by atoms with Crippen LogP contribution in [0.3, 0.4) is 0 Å². The molecule has 2 heterocycles. The largest absolute Gasteiger partial charge is 0.485 e. The van der Waals surface area contributed by atoms with Gasteiger partial charge in [0.1, 0.15) is 11.9 Å². The van der Waals surface area contributed by atoms with Crippen LogP contribution in [-0.2, 0) is 21.3 Å². The zero-order valence-corrected chi connectivity index (χ0v) is 19.1. The van der Waals surface area contributed by atoms with E-state index >= 15 is 0 Å². The Bertz CT molecular complexity index is 992. The van der Waals surface area contributed by atoms with Gasteiger partial charge in [-0.05, 0) is 43.8 Å². The quantitative estimate of drug-likeness (QED) is 0.652. The summed E-state index contributed by atoms with van der Waals surface area (Å²) in [4.78, 5) is 4.88. The van der Waals surface area contributed by atoms with E-state index in [2.05, 4.69) is 22.8 Å². The van der Waals surface area contributed by atoms with Crippen molar-refractivity contribution in [3.05, 3.63) is 54.1 Å². The van der Waals surface area contributed by atoms with Crippen LogP contribution in [0.1, 0.15) is 12.5 Å². The molecule has 0 amide bonds. The Kier molecular flexibility index (Phi) is 6.81. The van der Waals surface area contributed by atoms with Crippen molar-refractivity contribution in [1.82, 2.24) is 9.21 Å². The Hall–Kier alpha value is -2.13. The second-order valence-corrected chi connectivity index (χ2v) is 10.0. The maximum Gasteiger partial charge on any atom is 0.243 e. The summed E-state index contributed by atoms with van der Waals surface area (Å²) in [7, 11) is -1.44. The van der Waals surface area contributed by atoms with E-state index in [-0.39, 0.29) is 6.10 Å². The molecule has 1 atom stereocenters. The molecular weight excluding hydrogens is 414 g/mol. The van der Waals surface area contributed by atoms with Gasteiger partial charge in [-0.15, -0.1) is 0 Å². The maximum atomic E-state index is 13.0. The average molecular weight is 446 g/mol. The lowest BCUT2D eigenvalue weighted by Crippen LogP contribution is -2.45. The van der Waals surface area contributed by atoms with Crippen LogP contribution in [-0.4, -0.2) is 76.7 Å². The summed E-state index contributed by atoms with van der Waals surface area (Å²) >= 11 is 0. The van der Waals surface area contributed by atoms with Gasteiger partial charge in [-0.2, -0.15) is 4.31 Å². The summed E-state index contributed by atoms with van der Waals surface area (Å²) in [5.41, 5.74) is 2.12. The first kappa shape index (κ1) is 22.1. The number of rotatable bonds is 7. The summed E-state index contributed by atoms with van der Waals surface area (Å²) in [5, 5.41) is 0. The van der Waals surface area contributed by atoms with Crippen LogP contribution in [0.25, 0.3) is 0 Å². The van der Waals surface area contributed by atoms with Gasteiger partial charge in [-0.3, -0.25) is 4.90 Å². The molecule has 2 aliphatic rings. The van der Waals surface area contributed by atoms with Gasteiger partial charge in [0, 0.05) is 32.7 Å². The molecule has 0 aromatic heterocycles. The van der Waals surface area contributed by atoms with Crippen molar-refractivity contribution >= 4 is 15.7 Å². The minimum absolute atomic E-state index is 0.0557. The summed E-state index contributed by atoms with van der Waals surface area (Å²) in [6.45, 7) is 7.03. The molecule has 0 aliphatic carbocycles. The van der Waals surface area contributed by atoms with Crippen molar-refractivity contribution in [1.29, 1.82) is 0 Å². The van der Waals surface area contributed by atoms with E-state index in [9.17, 15) is 8.42 Å². The van der Waals surface area contributed by atoms with Crippen molar-refractivity contribution in [2.24, 2.45) is 0 Å². The van der Waals surface area contributed by atoms with E-state index in [0.29, 0.717) is 37.7 Å². The molecule has 7 nitrogen and oxygen atoms in total. The van der Waals surface area contributed by atoms with Gasteiger partial charge in [0.05, 0.1) is 30.3 Å². The Balaban J connectivity index is 1.41. The van der Waals surface area contributed by atoms with Crippen molar-refractivity contribution in [3.8, 4) is 5.75 Å². The lowest BCUT2D eigenvalue weighted by atomic mass is 10.1. The fourth-order valence-electron chi connectivity index (χ4n) is 4.24. The average Bonchev–Trinajstić information content (AvgIpc) is 2.79. The van der Waals surface area contributed by atoms with Crippen LogP contribution in [0.2, 0.25) is 0 Å². The smallest absolute Gasteiger partial charge is 0.243 e. The third kappa shape index (κ3) is 5.03. The molecule has 0 radical (unpaired) electrons. The number of hydrogen-bond donors (Lipinski definition) is 0. The van der Waals surface area contributed by atoms with Gasteiger partial charge in [0.15, 0.2) is 0 Å². The lowest BCUT2D eigenvalue weighted by molar-refractivity contribution is 0.0730. The van der Waals surface area contributed by atoms with Crippen molar-refractivity contribution < 1.29 is 17.9 Å². The van der Waals surface area contributed by atoms with Gasteiger partial charge < -0.3 is 14.4 Å². The molecule has 0 N–H and O–H groups in total. The van der Waals surface area contributed by atoms with Crippen LogP contribution >= 0.6 is 0 Å². The molecule has 1 fully saturated rings. The van der Waals surface area contributed by atoms with E-state index in [1.54, 1.807) is 12.1 Å². The monoisotopic (exact) mass is 445 g/mol. The molecule has 2 aromatic rings. The molecule has 4 rings (SSSR count). The number of para-hydroxylation sites is 2. The van der Waals surface area contributed by atoms with E-state index in [4.69, 9.17) is 9.47 Å². The maximum absolute atomic E-state index is 13.0. The first-order chi connectivity index (χ1) is 15.0. The Morgan fingerprint density at radius 3 is 2.65 bits per heavy atom. The molecule has 1 saturated heterocycles. The highest BCUT2D eigenvalue weighted by Crippen LogP contribution is 2.33. The van der Waals surface area contributed by atoms with Crippen molar-refractivity contribution in [2.45, 2.75) is 24.5 Å². The van der Waals surface area contributed by atoms with Crippen LogP contribution < -0.4 is 9.64 Å². The topological polar surface area (TPSA) is 62.3 Å². The highest BCUT2D eigenvalue weighted by molar-refractivity contribution is 7.89. The predicted molar refractivity (Wildman–Crippen MR) is 121 cm³/mol. The fourth-order valence-corrected chi connectivity index (χ4v) is 5.72. The molecule has 0 saturated carbocycles. The van der Waals surface area contributed by atoms with Gasteiger partial charge in [0.25, 0.3) is 0 Å². The van der Waals surface area contributed by atoms with Crippen molar-refractivity contribution in [3.63, 3.8) is 0 Å². The molecule has 31 heavy (non-hydrogen) atoms. The Morgan fingerprint density at radius 2 is 1.87 bits per heavy atom. The van der Waals surface area contributed by atoms with Crippen LogP contribution in [0.15, 0.2) is 53.4 Å². The minimum Gasteiger partial charge on any atom is -0.485 e. The molecule has 8 heteroatoms. The second kappa shape index (κ2) is 9.56. The lowest BCUT2D eigenvalue weighted by Gasteiger charge is -2.37. The highest BCUT2D eigenvalue weighted by atomic mass is 32.2. The molecule has 2 aliphatic heterocycles. The van der Waals surface area contributed by atoms with Gasteiger partial charge in [-0.25, -0.2) is 8.42 Å². The summed E-state index contributed by atoms with van der Waals surface area (Å²) in [5.74, 6) is 0.924. The van der Waals surface area contributed by atoms with Gasteiger partial charge in [-0.1, -0.05) is 24.3 Å². The zero-order chi connectivity index (χ0) is 21.8. The van der Waals surface area contributed by atoms with E-state index < -0.39 is 10.0 Å². The number of sulfonamides is 1. The highest BCUT2D eigenvalue weighted by Gasteiger charge is 2.27. The van der Waals surface area contributed by atoms with Gasteiger partial charge >= 0.3 is 0 Å². The number of hydrogen-bond acceptors (Lipinski definition) is 6. The van der Waals surface area contributed by atoms with Gasteiger partial charge in [0.2, 0.25) is 10.0 Å². The molecule has 0 spiro atoms. The summed E-state index contributed by atoms with van der Waals surface area (Å²) < 4.78 is 38.9. The second-order valence-electron chi connectivity index (χ2n) is 8.11. The number of nitrogens with zero attached hydrogens (tertiary/aromatic N) is 3. The zero-order valence-electron chi connectivity index (χ0n) is 18.2. The standard InChI is InChI=1S/C23H31N3O4S/c1-3-25-18-20(30-23-10-5-4-9-22(23)25)17-24(2)16-19-7-6-8-21(15-19)31(27,28)26-11-13-29-14-12-26/h4-10,15,20H,3,11-14,16-18H2,1-2H3/t20-/m1/s1. The molecule has 0 bridgehead atoms. The third-order valence-corrected chi connectivity index (χ3v) is 7.67. The molecule has 168 valence electrons. The number of ether oxygens (including phenoxy) is 2. The predicted octanol–water partition coefficient (Wildman–Crippen LogP) is 2.43. The number of benzene rings is 2. The minimum atomic E-state index is -3.49. The summed E-state index contributed by atoms with van der Waals surface area (Å²) in [6, 6.07) is 15.4. The Morgan fingerprint density at radius 1 is 1.10 bits per heavy atom. The number of fused-ring (bicyclic) bond motifs is 1. The van der Waals surface area contributed by atoms with Crippen molar-refractivity contribution in [2.75, 3.05) is 57.9 Å². The molecule has 0 unspecified atom stereocenters. The SMILES string of the molecule is CCN1C[C@@H](CN(C)Cc2cccc(S(=O)(=O)N3CCOCC3)c2)Oc2ccccc21. The first-order valence-corrected chi connectivity index (χ1v) is 12.3. The van der Waals surface area contributed by atoms with E-state index in [0.717, 1.165) is 36.6 Å². The molecule has 2 aromatic carbocycles. The fraction of sp³-hybridized carbons (Fsp3) is 0.478. The first-order valence-electron chi connectivity index (χ1n) is 10.8. The number of morpholine rings is 1. The van der Waals surface area contributed by atoms with Crippen LogP contribution in [0.5, 0.6) is 5.75 Å². The van der Waals surface area contributed by atoms with E-state index in [1.807, 2.05) is 37.4 Å².